The second kappa shape index (κ2) is 3.30. The molecule has 0 fully saturated rings. The number of hydrogen-bond acceptors (Lipinski definition) is 4. The Labute approximate surface area is 70.1 Å². The van der Waals surface area contributed by atoms with Gasteiger partial charge in [0.25, 0.3) is 0 Å². The van der Waals surface area contributed by atoms with Gasteiger partial charge in [-0.2, -0.15) is 13.2 Å². The largest absolute Gasteiger partial charge is 0.408 e. The highest BCUT2D eigenvalue weighted by Crippen LogP contribution is 2.19. The number of thioether (sulfide) groups is 1. The number of halogens is 3. The van der Waals surface area contributed by atoms with E-state index in [2.05, 4.69) is 15.5 Å². The first-order valence-electron chi connectivity index (χ1n) is 2.90. The molecule has 0 atom stereocenters. The maximum atomic E-state index is 11.8. The van der Waals surface area contributed by atoms with E-state index < -0.39 is 12.7 Å². The molecule has 0 aliphatic heterocycles. The molecule has 0 spiro atoms. The van der Waals surface area contributed by atoms with E-state index in [0.29, 0.717) is 4.68 Å². The minimum atomic E-state index is -4.28. The Bertz CT molecular complexity index is 257. The Morgan fingerprint density at radius 1 is 1.50 bits per heavy atom. The number of alkyl halides is 3. The molecule has 1 rings (SSSR count). The smallest absolute Gasteiger partial charge is 0.211 e. The van der Waals surface area contributed by atoms with E-state index in [9.17, 15) is 13.2 Å². The van der Waals surface area contributed by atoms with Crippen LogP contribution in [0.25, 0.3) is 0 Å². The summed E-state index contributed by atoms with van der Waals surface area (Å²) in [5.41, 5.74) is 0. The van der Waals surface area contributed by atoms with Crippen LogP contribution in [-0.4, -0.2) is 32.6 Å². The molecule has 8 heteroatoms. The minimum Gasteiger partial charge on any atom is -0.211 e. The van der Waals surface area contributed by atoms with E-state index in [1.807, 2.05) is 0 Å². The van der Waals surface area contributed by atoms with Gasteiger partial charge in [-0.1, -0.05) is 11.8 Å². The quantitative estimate of drug-likeness (QED) is 0.664. The van der Waals surface area contributed by atoms with Crippen molar-refractivity contribution in [2.24, 2.45) is 0 Å². The lowest BCUT2D eigenvalue weighted by Crippen LogP contribution is -2.19. The van der Waals surface area contributed by atoms with Crippen molar-refractivity contribution in [3.05, 3.63) is 0 Å². The summed E-state index contributed by atoms with van der Waals surface area (Å²) in [5.74, 6) is 0. The normalized spacial score (nSPS) is 12.0. The van der Waals surface area contributed by atoms with Gasteiger partial charge in [0.05, 0.1) is 0 Å². The van der Waals surface area contributed by atoms with Crippen LogP contribution >= 0.6 is 11.8 Å². The first-order chi connectivity index (χ1) is 5.53. The lowest BCUT2D eigenvalue weighted by molar-refractivity contribution is -0.144. The van der Waals surface area contributed by atoms with E-state index in [0.717, 1.165) is 11.8 Å². The number of tetrazole rings is 1. The van der Waals surface area contributed by atoms with E-state index in [4.69, 9.17) is 0 Å². The van der Waals surface area contributed by atoms with Crippen molar-refractivity contribution in [2.45, 2.75) is 17.9 Å². The highest BCUT2D eigenvalue weighted by molar-refractivity contribution is 7.98. The van der Waals surface area contributed by atoms with E-state index in [1.165, 1.54) is 0 Å². The fourth-order valence-corrected chi connectivity index (χ4v) is 1.04. The molecule has 68 valence electrons. The van der Waals surface area contributed by atoms with Gasteiger partial charge in [-0.3, -0.25) is 0 Å². The third-order valence-corrected chi connectivity index (χ3v) is 1.67. The Morgan fingerprint density at radius 3 is 2.67 bits per heavy atom. The molecule has 0 aliphatic carbocycles. The molecule has 1 aromatic heterocycles. The molecule has 0 aromatic carbocycles. The zero-order valence-electron chi connectivity index (χ0n) is 6.04. The molecule has 4 nitrogen and oxygen atoms in total. The van der Waals surface area contributed by atoms with E-state index >= 15 is 0 Å². The summed E-state index contributed by atoms with van der Waals surface area (Å²) in [7, 11) is 0. The monoisotopic (exact) mass is 198 g/mol. The van der Waals surface area contributed by atoms with Crippen LogP contribution in [0, 0.1) is 0 Å². The van der Waals surface area contributed by atoms with Gasteiger partial charge in [-0.25, -0.2) is 4.68 Å². The Hall–Kier alpha value is -0.790. The molecule has 1 heterocycles. The number of nitrogens with zero attached hydrogens (tertiary/aromatic N) is 4. The summed E-state index contributed by atoms with van der Waals surface area (Å²) < 4.78 is 36.1. The Kier molecular flexibility index (Phi) is 2.55. The SMILES string of the molecule is CSc1nnnn1CC(F)(F)F. The topological polar surface area (TPSA) is 43.6 Å². The van der Waals surface area contributed by atoms with Crippen LogP contribution in [0.3, 0.4) is 0 Å². The average Bonchev–Trinajstić information content (AvgIpc) is 2.31. The average molecular weight is 198 g/mol. The van der Waals surface area contributed by atoms with Crippen molar-refractivity contribution in [1.82, 2.24) is 20.2 Å². The van der Waals surface area contributed by atoms with Gasteiger partial charge in [0.15, 0.2) is 0 Å². The summed E-state index contributed by atoms with van der Waals surface area (Å²) >= 11 is 1.07. The zero-order chi connectivity index (χ0) is 9.19. The molecule has 0 bridgehead atoms. The van der Waals surface area contributed by atoms with Crippen LogP contribution in [0.1, 0.15) is 0 Å². The fourth-order valence-electron chi connectivity index (χ4n) is 0.612. The van der Waals surface area contributed by atoms with Gasteiger partial charge >= 0.3 is 6.18 Å². The van der Waals surface area contributed by atoms with Crippen molar-refractivity contribution in [1.29, 1.82) is 0 Å². The third kappa shape index (κ3) is 2.36. The van der Waals surface area contributed by atoms with Crippen molar-refractivity contribution in [3.63, 3.8) is 0 Å². The van der Waals surface area contributed by atoms with Crippen LogP contribution in [0.5, 0.6) is 0 Å². The molecule has 0 N–H and O–H groups in total. The summed E-state index contributed by atoms with van der Waals surface area (Å²) in [5, 5.41) is 9.85. The lowest BCUT2D eigenvalue weighted by atomic mass is 10.6. The van der Waals surface area contributed by atoms with Crippen LogP contribution in [-0.2, 0) is 6.54 Å². The van der Waals surface area contributed by atoms with E-state index in [-0.39, 0.29) is 5.16 Å². The number of aromatic nitrogens is 4. The molecule has 0 radical (unpaired) electrons. The van der Waals surface area contributed by atoms with Crippen molar-refractivity contribution in [3.8, 4) is 0 Å². The zero-order valence-corrected chi connectivity index (χ0v) is 6.85. The van der Waals surface area contributed by atoms with Gasteiger partial charge in [0.1, 0.15) is 6.54 Å². The summed E-state index contributed by atoms with van der Waals surface area (Å²) in [6.45, 7) is -1.14. The van der Waals surface area contributed by atoms with Gasteiger partial charge < -0.3 is 0 Å². The number of rotatable bonds is 2. The third-order valence-electron chi connectivity index (χ3n) is 1.01. The molecule has 12 heavy (non-hydrogen) atoms. The molecular weight excluding hydrogens is 193 g/mol. The summed E-state index contributed by atoms with van der Waals surface area (Å²) in [6.07, 6.45) is -2.67. The minimum absolute atomic E-state index is 0.160. The van der Waals surface area contributed by atoms with Crippen molar-refractivity contribution >= 4 is 11.8 Å². The van der Waals surface area contributed by atoms with Crippen LogP contribution < -0.4 is 0 Å². The number of hydrogen-bond donors (Lipinski definition) is 0. The van der Waals surface area contributed by atoms with Gasteiger partial charge in [0, 0.05) is 0 Å². The standard InChI is InChI=1S/C4H5F3N4S/c1-12-3-8-9-10-11(3)2-4(5,6)7/h2H2,1H3. The van der Waals surface area contributed by atoms with Crippen molar-refractivity contribution in [2.75, 3.05) is 6.26 Å². The highest BCUT2D eigenvalue weighted by Gasteiger charge is 2.29. The van der Waals surface area contributed by atoms with Gasteiger partial charge in [-0.05, 0) is 16.7 Å². The second-order valence-electron chi connectivity index (χ2n) is 1.94. The summed E-state index contributed by atoms with van der Waals surface area (Å²) in [6, 6.07) is 0. The first kappa shape index (κ1) is 9.30. The van der Waals surface area contributed by atoms with Crippen LogP contribution in [0.4, 0.5) is 13.2 Å². The van der Waals surface area contributed by atoms with Crippen LogP contribution in [0.15, 0.2) is 5.16 Å². The summed E-state index contributed by atoms with van der Waals surface area (Å²) in [4.78, 5) is 0. The maximum Gasteiger partial charge on any atom is 0.408 e. The maximum absolute atomic E-state index is 11.8. The molecule has 0 amide bonds. The first-order valence-corrected chi connectivity index (χ1v) is 4.12. The van der Waals surface area contributed by atoms with E-state index in [1.54, 1.807) is 6.26 Å². The molecule has 0 aliphatic rings. The predicted octanol–water partition coefficient (Wildman–Crippen LogP) is 0.957. The highest BCUT2D eigenvalue weighted by atomic mass is 32.2. The van der Waals surface area contributed by atoms with Crippen molar-refractivity contribution < 1.29 is 13.2 Å². The second-order valence-corrected chi connectivity index (χ2v) is 2.71. The molecular formula is C4H5F3N4S. The predicted molar refractivity (Wildman–Crippen MR) is 35.7 cm³/mol. The van der Waals surface area contributed by atoms with Gasteiger partial charge in [-0.15, -0.1) is 5.10 Å². The molecule has 1 aromatic rings. The molecule has 0 saturated carbocycles. The Balaban J connectivity index is 2.75. The Morgan fingerprint density at radius 2 is 2.17 bits per heavy atom. The fraction of sp³-hybridized carbons (Fsp3) is 0.750. The molecule has 0 unspecified atom stereocenters. The molecule has 0 saturated heterocycles. The van der Waals surface area contributed by atoms with Crippen LogP contribution in [0.2, 0.25) is 0 Å². The lowest BCUT2D eigenvalue weighted by Gasteiger charge is -2.05. The van der Waals surface area contributed by atoms with Gasteiger partial charge in [0.2, 0.25) is 5.16 Å².